The van der Waals surface area contributed by atoms with Crippen molar-refractivity contribution in [3.63, 3.8) is 0 Å². The van der Waals surface area contributed by atoms with E-state index in [1.54, 1.807) is 4.90 Å². The van der Waals surface area contributed by atoms with Crippen molar-refractivity contribution in [2.24, 2.45) is 5.16 Å². The molecule has 0 aromatic heterocycles. The highest BCUT2D eigenvalue weighted by atomic mass is 32.2. The number of amides is 1. The fourth-order valence-electron chi connectivity index (χ4n) is 1.58. The lowest BCUT2D eigenvalue weighted by Gasteiger charge is -2.26. The summed E-state index contributed by atoms with van der Waals surface area (Å²) in [6.45, 7) is 1.26. The number of hydrogen-bond acceptors (Lipinski definition) is 4. The van der Waals surface area contributed by atoms with Gasteiger partial charge in [-0.05, 0) is 5.56 Å². The Morgan fingerprint density at radius 1 is 1.38 bits per heavy atom. The van der Waals surface area contributed by atoms with Crippen molar-refractivity contribution in [3.05, 3.63) is 35.9 Å². The maximum absolute atomic E-state index is 11.8. The molecule has 5 heteroatoms. The Labute approximate surface area is 97.9 Å². The Balaban J connectivity index is 2.08. The fourth-order valence-corrected chi connectivity index (χ4v) is 2.39. The van der Waals surface area contributed by atoms with E-state index in [0.29, 0.717) is 13.1 Å². The average Bonchev–Trinajstić information content (AvgIpc) is 2.33. The molecular formula is C11H12N2O2S. The number of oxime groups is 1. The van der Waals surface area contributed by atoms with Gasteiger partial charge in [0.25, 0.3) is 5.91 Å². The Morgan fingerprint density at radius 3 is 2.81 bits per heavy atom. The zero-order chi connectivity index (χ0) is 11.4. The summed E-state index contributed by atoms with van der Waals surface area (Å²) < 4.78 is 0. The van der Waals surface area contributed by atoms with Crippen LogP contribution in [0.2, 0.25) is 0 Å². The van der Waals surface area contributed by atoms with E-state index in [-0.39, 0.29) is 11.0 Å². The van der Waals surface area contributed by atoms with Gasteiger partial charge in [0.2, 0.25) is 5.04 Å². The van der Waals surface area contributed by atoms with E-state index in [1.165, 1.54) is 11.8 Å². The number of hydrogen-bond donors (Lipinski definition) is 1. The van der Waals surface area contributed by atoms with Gasteiger partial charge in [-0.2, -0.15) is 0 Å². The van der Waals surface area contributed by atoms with Gasteiger partial charge >= 0.3 is 0 Å². The number of carbonyl (C=O) groups is 1. The number of rotatable bonds is 2. The summed E-state index contributed by atoms with van der Waals surface area (Å²) in [6.07, 6.45) is 0. The van der Waals surface area contributed by atoms with Crippen LogP contribution in [0.15, 0.2) is 35.5 Å². The fraction of sp³-hybridized carbons (Fsp3) is 0.273. The summed E-state index contributed by atoms with van der Waals surface area (Å²) >= 11 is 1.29. The third-order valence-corrected chi connectivity index (χ3v) is 3.29. The molecule has 0 radical (unpaired) electrons. The second-order valence-electron chi connectivity index (χ2n) is 3.47. The molecule has 1 aromatic carbocycles. The molecule has 0 atom stereocenters. The van der Waals surface area contributed by atoms with E-state index < -0.39 is 0 Å². The number of nitrogens with zero attached hydrogens (tertiary/aromatic N) is 2. The van der Waals surface area contributed by atoms with Gasteiger partial charge in [-0.25, -0.2) is 0 Å². The summed E-state index contributed by atoms with van der Waals surface area (Å²) in [5.74, 6) is 0.584. The van der Waals surface area contributed by atoms with Gasteiger partial charge in [-0.3, -0.25) is 4.79 Å². The molecule has 0 aliphatic carbocycles. The number of thioether (sulfide) groups is 1. The highest BCUT2D eigenvalue weighted by molar-refractivity contribution is 8.15. The Bertz CT molecular complexity index is 406. The number of carbonyl (C=O) groups excluding carboxylic acids is 1. The molecule has 1 aliphatic heterocycles. The zero-order valence-corrected chi connectivity index (χ0v) is 9.48. The van der Waals surface area contributed by atoms with Crippen molar-refractivity contribution in [3.8, 4) is 0 Å². The summed E-state index contributed by atoms with van der Waals surface area (Å²) in [4.78, 5) is 13.5. The topological polar surface area (TPSA) is 52.9 Å². The Kier molecular flexibility index (Phi) is 3.46. The highest BCUT2D eigenvalue weighted by Crippen LogP contribution is 2.16. The van der Waals surface area contributed by atoms with Crippen LogP contribution in [0.1, 0.15) is 5.56 Å². The van der Waals surface area contributed by atoms with Crippen molar-refractivity contribution < 1.29 is 10.0 Å². The van der Waals surface area contributed by atoms with Gasteiger partial charge in [0.05, 0.1) is 0 Å². The first-order valence-electron chi connectivity index (χ1n) is 4.99. The molecule has 1 N–H and O–H groups in total. The van der Waals surface area contributed by atoms with E-state index in [1.807, 2.05) is 30.3 Å². The maximum Gasteiger partial charge on any atom is 0.282 e. The van der Waals surface area contributed by atoms with E-state index in [0.717, 1.165) is 11.3 Å². The molecule has 16 heavy (non-hydrogen) atoms. The molecule has 0 bridgehead atoms. The molecule has 1 saturated heterocycles. The van der Waals surface area contributed by atoms with E-state index in [9.17, 15) is 4.79 Å². The van der Waals surface area contributed by atoms with Gasteiger partial charge in [0.1, 0.15) is 0 Å². The van der Waals surface area contributed by atoms with Gasteiger partial charge in [-0.15, -0.1) is 0 Å². The molecular weight excluding hydrogens is 226 g/mol. The molecule has 0 spiro atoms. The second-order valence-corrected chi connectivity index (χ2v) is 4.55. The Morgan fingerprint density at radius 2 is 2.12 bits per heavy atom. The average molecular weight is 238 g/mol. The third-order valence-electron chi connectivity index (χ3n) is 2.38. The largest absolute Gasteiger partial charge is 0.410 e. The molecule has 4 nitrogen and oxygen atoms in total. The molecule has 1 fully saturated rings. The van der Waals surface area contributed by atoms with E-state index in [2.05, 4.69) is 5.16 Å². The quantitative estimate of drug-likeness (QED) is 0.483. The third kappa shape index (κ3) is 2.36. The summed E-state index contributed by atoms with van der Waals surface area (Å²) in [5, 5.41) is 11.9. The first kappa shape index (κ1) is 11.0. The summed E-state index contributed by atoms with van der Waals surface area (Å²) in [5.41, 5.74) is 1.08. The van der Waals surface area contributed by atoms with Crippen LogP contribution in [-0.4, -0.2) is 33.4 Å². The van der Waals surface area contributed by atoms with Gasteiger partial charge in [-0.1, -0.05) is 47.2 Å². The van der Waals surface area contributed by atoms with E-state index >= 15 is 0 Å². The molecule has 1 aliphatic rings. The summed E-state index contributed by atoms with van der Waals surface area (Å²) in [6, 6.07) is 9.78. The molecule has 1 aromatic rings. The van der Waals surface area contributed by atoms with Crippen molar-refractivity contribution in [2.75, 3.05) is 12.3 Å². The van der Waals surface area contributed by atoms with Crippen LogP contribution in [0.3, 0.4) is 0 Å². The number of benzene rings is 1. The predicted molar refractivity (Wildman–Crippen MR) is 63.5 cm³/mol. The first-order valence-corrected chi connectivity index (χ1v) is 5.98. The van der Waals surface area contributed by atoms with Crippen LogP contribution in [0.5, 0.6) is 0 Å². The van der Waals surface area contributed by atoms with Crippen LogP contribution in [-0.2, 0) is 11.3 Å². The monoisotopic (exact) mass is 238 g/mol. The zero-order valence-electron chi connectivity index (χ0n) is 8.67. The van der Waals surface area contributed by atoms with Crippen LogP contribution in [0.4, 0.5) is 0 Å². The molecule has 84 valence electrons. The minimum atomic E-state index is -0.192. The van der Waals surface area contributed by atoms with E-state index in [4.69, 9.17) is 5.21 Å². The lowest BCUT2D eigenvalue weighted by molar-refractivity contribution is -0.124. The normalized spacial score (nSPS) is 19.1. The second kappa shape index (κ2) is 5.03. The van der Waals surface area contributed by atoms with Crippen LogP contribution < -0.4 is 0 Å². The molecule has 2 rings (SSSR count). The summed E-state index contributed by atoms with van der Waals surface area (Å²) in [7, 11) is 0. The van der Waals surface area contributed by atoms with Gasteiger partial charge < -0.3 is 10.1 Å². The van der Waals surface area contributed by atoms with Crippen molar-refractivity contribution in [1.82, 2.24) is 4.90 Å². The van der Waals surface area contributed by atoms with Crippen molar-refractivity contribution in [2.45, 2.75) is 6.54 Å². The highest BCUT2D eigenvalue weighted by Gasteiger charge is 2.25. The standard InChI is InChI=1S/C11H12N2O2S/c14-11-10(12-15)16-7-6-13(11)8-9-4-2-1-3-5-9/h1-5,15H,6-8H2/b12-10+/i15+2. The first-order chi connectivity index (χ1) is 7.81. The molecule has 1 amide bonds. The lowest BCUT2D eigenvalue weighted by atomic mass is 10.2. The van der Waals surface area contributed by atoms with Gasteiger partial charge in [0, 0.05) is 18.8 Å². The Hall–Kier alpha value is -1.49. The minimum Gasteiger partial charge on any atom is -0.410 e. The molecule has 0 unspecified atom stereocenters. The minimum absolute atomic E-state index is 0.183. The van der Waals surface area contributed by atoms with Crippen LogP contribution in [0.25, 0.3) is 0 Å². The maximum atomic E-state index is 11.8. The SMILES string of the molecule is O=C1/C(=N\[18OH])SCCN1Cc1ccccc1. The molecule has 0 saturated carbocycles. The van der Waals surface area contributed by atoms with Crippen molar-refractivity contribution >= 4 is 22.7 Å². The van der Waals surface area contributed by atoms with Gasteiger partial charge in [0.15, 0.2) is 0 Å². The van der Waals surface area contributed by atoms with Crippen molar-refractivity contribution in [1.29, 1.82) is 0 Å². The lowest BCUT2D eigenvalue weighted by Crippen LogP contribution is -2.40. The predicted octanol–water partition coefficient (Wildman–Crippen LogP) is 1.55. The smallest absolute Gasteiger partial charge is 0.282 e. The molecule has 1 heterocycles. The van der Waals surface area contributed by atoms with Crippen LogP contribution >= 0.6 is 11.8 Å². The van der Waals surface area contributed by atoms with Crippen LogP contribution in [0, 0.1) is 0 Å².